The van der Waals surface area contributed by atoms with Gasteiger partial charge >= 0.3 is 0 Å². The first kappa shape index (κ1) is 18.0. The molecule has 0 aromatic heterocycles. The molecule has 0 aliphatic rings. The molecule has 0 spiro atoms. The molecule has 0 aliphatic heterocycles. The van der Waals surface area contributed by atoms with Gasteiger partial charge in [0.25, 0.3) is 5.91 Å². The van der Waals surface area contributed by atoms with Crippen molar-refractivity contribution in [2.75, 3.05) is 6.61 Å². The van der Waals surface area contributed by atoms with Crippen LogP contribution in [-0.2, 0) is 4.79 Å². The molecular formula is C18H19BrN2O3. The summed E-state index contributed by atoms with van der Waals surface area (Å²) in [6.45, 7) is 5.78. The molecule has 0 fully saturated rings. The first-order valence-corrected chi connectivity index (χ1v) is 8.18. The lowest BCUT2D eigenvalue weighted by Crippen LogP contribution is -2.25. The van der Waals surface area contributed by atoms with Gasteiger partial charge in [0.2, 0.25) is 0 Å². The number of hydrogen-bond donors (Lipinski definition) is 2. The van der Waals surface area contributed by atoms with Gasteiger partial charge in [-0.2, -0.15) is 5.10 Å². The number of carbonyl (C=O) groups is 1. The second kappa shape index (κ2) is 7.97. The maximum Gasteiger partial charge on any atom is 0.277 e. The number of amides is 1. The third-order valence-corrected chi connectivity index (χ3v) is 4.32. The predicted octanol–water partition coefficient (Wildman–Crippen LogP) is 3.61. The van der Waals surface area contributed by atoms with Gasteiger partial charge < -0.3 is 9.84 Å². The van der Waals surface area contributed by atoms with Gasteiger partial charge in [-0.05, 0) is 55.7 Å². The number of hydrogen-bond acceptors (Lipinski definition) is 4. The van der Waals surface area contributed by atoms with Gasteiger partial charge in [-0.3, -0.25) is 4.79 Å². The van der Waals surface area contributed by atoms with Gasteiger partial charge in [0.05, 0.1) is 6.21 Å². The van der Waals surface area contributed by atoms with Crippen molar-refractivity contribution in [1.29, 1.82) is 0 Å². The normalized spacial score (nSPS) is 10.8. The lowest BCUT2D eigenvalue weighted by atomic mass is 10.1. The molecule has 0 heterocycles. The maximum absolute atomic E-state index is 11.9. The van der Waals surface area contributed by atoms with E-state index in [1.54, 1.807) is 12.1 Å². The number of phenols is 1. The van der Waals surface area contributed by atoms with Gasteiger partial charge in [0.15, 0.2) is 6.61 Å². The van der Waals surface area contributed by atoms with Crippen LogP contribution in [0.15, 0.2) is 39.9 Å². The Kier molecular flexibility index (Phi) is 5.98. The lowest BCUT2D eigenvalue weighted by molar-refractivity contribution is -0.123. The number of benzene rings is 2. The molecule has 1 amide bonds. The van der Waals surface area contributed by atoms with Crippen molar-refractivity contribution in [2.24, 2.45) is 5.10 Å². The zero-order chi connectivity index (χ0) is 17.7. The van der Waals surface area contributed by atoms with Crippen molar-refractivity contribution in [1.82, 2.24) is 5.43 Å². The van der Waals surface area contributed by atoms with Gasteiger partial charge in [-0.25, -0.2) is 5.43 Å². The minimum Gasteiger partial charge on any atom is -0.508 e. The molecule has 0 saturated heterocycles. The monoisotopic (exact) mass is 390 g/mol. The molecule has 0 unspecified atom stereocenters. The summed E-state index contributed by atoms with van der Waals surface area (Å²) in [5.41, 5.74) is 6.18. The summed E-state index contributed by atoms with van der Waals surface area (Å²) in [6.07, 6.45) is 1.45. The van der Waals surface area contributed by atoms with E-state index < -0.39 is 0 Å². The van der Waals surface area contributed by atoms with Gasteiger partial charge in [0.1, 0.15) is 11.5 Å². The smallest absolute Gasteiger partial charge is 0.277 e. The predicted molar refractivity (Wildman–Crippen MR) is 97.7 cm³/mol. The number of halogens is 1. The molecule has 5 nitrogen and oxygen atoms in total. The SMILES string of the molecule is Cc1ccc(C)c(OCC(=O)N/N=C/c2cc(O)ccc2Br)c1C. The summed E-state index contributed by atoms with van der Waals surface area (Å²) in [5, 5.41) is 13.3. The second-order valence-electron chi connectivity index (χ2n) is 5.44. The molecule has 0 atom stereocenters. The Morgan fingerprint density at radius 1 is 1.25 bits per heavy atom. The maximum atomic E-state index is 11.9. The summed E-state index contributed by atoms with van der Waals surface area (Å²) < 4.78 is 6.39. The van der Waals surface area contributed by atoms with Crippen LogP contribution in [0.4, 0.5) is 0 Å². The van der Waals surface area contributed by atoms with Crippen LogP contribution in [-0.4, -0.2) is 23.8 Å². The first-order chi connectivity index (χ1) is 11.4. The average Bonchev–Trinajstić information content (AvgIpc) is 2.54. The highest BCUT2D eigenvalue weighted by molar-refractivity contribution is 9.10. The Morgan fingerprint density at radius 3 is 2.71 bits per heavy atom. The Balaban J connectivity index is 1.94. The van der Waals surface area contributed by atoms with E-state index in [0.29, 0.717) is 5.56 Å². The zero-order valence-electron chi connectivity index (χ0n) is 13.8. The van der Waals surface area contributed by atoms with Crippen LogP contribution < -0.4 is 10.2 Å². The quantitative estimate of drug-likeness (QED) is 0.604. The highest BCUT2D eigenvalue weighted by Gasteiger charge is 2.08. The Bertz CT molecular complexity index is 788. The van der Waals surface area contributed by atoms with Crippen LogP contribution in [0.5, 0.6) is 11.5 Å². The Labute approximate surface area is 149 Å². The van der Waals surface area contributed by atoms with Crippen molar-refractivity contribution >= 4 is 28.1 Å². The van der Waals surface area contributed by atoms with E-state index in [1.165, 1.54) is 12.3 Å². The van der Waals surface area contributed by atoms with Crippen LogP contribution in [0.2, 0.25) is 0 Å². The summed E-state index contributed by atoms with van der Waals surface area (Å²) in [4.78, 5) is 11.9. The number of rotatable bonds is 5. The molecule has 24 heavy (non-hydrogen) atoms. The van der Waals surface area contributed by atoms with Crippen LogP contribution in [0, 0.1) is 20.8 Å². The highest BCUT2D eigenvalue weighted by Crippen LogP contribution is 2.25. The third kappa shape index (κ3) is 4.58. The topological polar surface area (TPSA) is 70.9 Å². The van der Waals surface area contributed by atoms with E-state index in [4.69, 9.17) is 4.74 Å². The third-order valence-electron chi connectivity index (χ3n) is 3.59. The molecule has 126 valence electrons. The highest BCUT2D eigenvalue weighted by atomic mass is 79.9. The van der Waals surface area contributed by atoms with E-state index in [2.05, 4.69) is 26.5 Å². The molecule has 0 aliphatic carbocycles. The standard InChI is InChI=1S/C18H19BrN2O3/c1-11-4-5-12(2)18(13(11)3)24-10-17(23)21-20-9-14-8-15(22)6-7-16(14)19/h4-9,22H,10H2,1-3H3,(H,21,23)/b20-9+. The fourth-order valence-electron chi connectivity index (χ4n) is 2.12. The zero-order valence-corrected chi connectivity index (χ0v) is 15.3. The average molecular weight is 391 g/mol. The molecule has 0 radical (unpaired) electrons. The number of phenolic OH excluding ortho intramolecular Hbond substituents is 1. The number of hydrazone groups is 1. The van der Waals surface area contributed by atoms with Crippen molar-refractivity contribution < 1.29 is 14.6 Å². The van der Waals surface area contributed by atoms with Crippen LogP contribution >= 0.6 is 15.9 Å². The van der Waals surface area contributed by atoms with Crippen molar-refractivity contribution in [3.05, 3.63) is 57.1 Å². The largest absolute Gasteiger partial charge is 0.508 e. The van der Waals surface area contributed by atoms with E-state index in [9.17, 15) is 9.90 Å². The summed E-state index contributed by atoms with van der Waals surface area (Å²) in [6, 6.07) is 8.78. The van der Waals surface area contributed by atoms with Crippen LogP contribution in [0.25, 0.3) is 0 Å². The minimum absolute atomic E-state index is 0.121. The Hall–Kier alpha value is -2.34. The van der Waals surface area contributed by atoms with Crippen molar-refractivity contribution in [3.8, 4) is 11.5 Å². The molecule has 2 N–H and O–H groups in total. The summed E-state index contributed by atoms with van der Waals surface area (Å²) >= 11 is 3.34. The number of aromatic hydroxyl groups is 1. The van der Waals surface area contributed by atoms with Gasteiger partial charge in [-0.15, -0.1) is 0 Å². The first-order valence-electron chi connectivity index (χ1n) is 7.38. The van der Waals surface area contributed by atoms with Gasteiger partial charge in [-0.1, -0.05) is 28.1 Å². The number of nitrogens with one attached hydrogen (secondary N) is 1. The Morgan fingerprint density at radius 2 is 1.96 bits per heavy atom. The number of ether oxygens (including phenoxy) is 1. The van der Waals surface area contributed by atoms with E-state index in [-0.39, 0.29) is 18.3 Å². The van der Waals surface area contributed by atoms with E-state index in [0.717, 1.165) is 26.9 Å². The van der Waals surface area contributed by atoms with E-state index in [1.807, 2.05) is 32.9 Å². The molecule has 2 rings (SSSR count). The molecule has 2 aromatic rings. The minimum atomic E-state index is -0.358. The van der Waals surface area contributed by atoms with Crippen LogP contribution in [0.3, 0.4) is 0 Å². The summed E-state index contributed by atoms with van der Waals surface area (Å²) in [7, 11) is 0. The van der Waals surface area contributed by atoms with Crippen molar-refractivity contribution in [2.45, 2.75) is 20.8 Å². The fourth-order valence-corrected chi connectivity index (χ4v) is 2.47. The lowest BCUT2D eigenvalue weighted by Gasteiger charge is -2.13. The summed E-state index contributed by atoms with van der Waals surface area (Å²) in [5.74, 6) is 0.493. The van der Waals surface area contributed by atoms with Crippen molar-refractivity contribution in [3.63, 3.8) is 0 Å². The second-order valence-corrected chi connectivity index (χ2v) is 6.30. The number of aryl methyl sites for hydroxylation is 2. The number of carbonyl (C=O) groups excluding carboxylic acids is 1. The van der Waals surface area contributed by atoms with E-state index >= 15 is 0 Å². The molecule has 2 aromatic carbocycles. The number of nitrogens with zero attached hydrogens (tertiary/aromatic N) is 1. The molecule has 0 saturated carbocycles. The fraction of sp³-hybridized carbons (Fsp3) is 0.222. The van der Waals surface area contributed by atoms with Crippen LogP contribution in [0.1, 0.15) is 22.3 Å². The molecule has 0 bridgehead atoms. The van der Waals surface area contributed by atoms with Gasteiger partial charge in [0, 0.05) is 10.0 Å². The molecule has 6 heteroatoms. The molecular weight excluding hydrogens is 372 g/mol.